The summed E-state index contributed by atoms with van der Waals surface area (Å²) in [6, 6.07) is 9.99. The average Bonchev–Trinajstić information content (AvgIpc) is 3.41. The van der Waals surface area contributed by atoms with E-state index in [2.05, 4.69) is 46.2 Å². The number of benzene rings is 1. The fourth-order valence-corrected chi connectivity index (χ4v) is 6.30. The number of sulfonamides is 1. The zero-order valence-corrected chi connectivity index (χ0v) is 19.6. The molecule has 4 heterocycles. The summed E-state index contributed by atoms with van der Waals surface area (Å²) in [5.41, 5.74) is 3.07. The van der Waals surface area contributed by atoms with Crippen molar-refractivity contribution >= 4 is 21.1 Å². The monoisotopic (exact) mass is 457 g/mol. The molecule has 5 rings (SSSR count). The van der Waals surface area contributed by atoms with Gasteiger partial charge in [-0.2, -0.15) is 4.31 Å². The van der Waals surface area contributed by atoms with Crippen molar-refractivity contribution in [1.82, 2.24) is 23.3 Å². The lowest BCUT2D eigenvalue weighted by atomic mass is 10.1. The number of nitrogens with zero attached hydrogens (tertiary/aromatic N) is 5. The summed E-state index contributed by atoms with van der Waals surface area (Å²) in [5, 5.41) is 0. The van der Waals surface area contributed by atoms with E-state index in [1.165, 1.54) is 10.00 Å². The molecule has 1 fully saturated rings. The van der Waals surface area contributed by atoms with Crippen molar-refractivity contribution in [2.24, 2.45) is 0 Å². The molecule has 0 aliphatic carbocycles. The van der Waals surface area contributed by atoms with Gasteiger partial charge in [-0.25, -0.2) is 13.4 Å². The molecule has 0 bridgehead atoms. The van der Waals surface area contributed by atoms with E-state index >= 15 is 0 Å². The fourth-order valence-electron chi connectivity index (χ4n) is 4.87. The van der Waals surface area contributed by atoms with Crippen LogP contribution >= 0.6 is 0 Å². The Hall–Kier alpha value is -2.20. The van der Waals surface area contributed by atoms with Crippen LogP contribution in [0.15, 0.2) is 41.4 Å². The van der Waals surface area contributed by atoms with Crippen molar-refractivity contribution < 1.29 is 13.2 Å². The third-order valence-corrected chi connectivity index (χ3v) is 8.56. The van der Waals surface area contributed by atoms with Crippen LogP contribution in [-0.4, -0.2) is 64.6 Å². The average molecular weight is 458 g/mol. The van der Waals surface area contributed by atoms with Gasteiger partial charge in [0.25, 0.3) is 0 Å². The summed E-state index contributed by atoms with van der Waals surface area (Å²) in [6.07, 6.45) is 3.14. The maximum absolute atomic E-state index is 13.1. The zero-order chi connectivity index (χ0) is 22.3. The molecule has 1 atom stereocenters. The highest BCUT2D eigenvalue weighted by molar-refractivity contribution is 7.89. The quantitative estimate of drug-likeness (QED) is 0.569. The van der Waals surface area contributed by atoms with Crippen LogP contribution in [0.4, 0.5) is 0 Å². The molecule has 2 aliphatic rings. The highest BCUT2D eigenvalue weighted by Crippen LogP contribution is 2.29. The zero-order valence-electron chi connectivity index (χ0n) is 18.8. The molecule has 0 N–H and O–H groups in total. The Kier molecular flexibility index (Phi) is 5.83. The predicted octanol–water partition coefficient (Wildman–Crippen LogP) is 2.85. The summed E-state index contributed by atoms with van der Waals surface area (Å²) in [6.45, 7) is 9.61. The van der Waals surface area contributed by atoms with E-state index in [4.69, 9.17) is 9.72 Å². The maximum Gasteiger partial charge on any atom is 0.243 e. The van der Waals surface area contributed by atoms with Crippen molar-refractivity contribution in [2.45, 2.75) is 50.8 Å². The van der Waals surface area contributed by atoms with Gasteiger partial charge in [-0.3, -0.25) is 4.90 Å². The van der Waals surface area contributed by atoms with Crippen molar-refractivity contribution in [3.63, 3.8) is 0 Å². The number of morpholine rings is 1. The molecular weight excluding hydrogens is 426 g/mol. The number of rotatable bonds is 6. The van der Waals surface area contributed by atoms with E-state index in [9.17, 15) is 8.42 Å². The van der Waals surface area contributed by atoms with Gasteiger partial charge in [0, 0.05) is 50.7 Å². The molecule has 0 amide bonds. The highest BCUT2D eigenvalue weighted by atomic mass is 32.2. The standard InChI is InChI=1S/C23H31N5O3S/c1-3-8-28-22-7-6-19(32(29,30)27-12-14-31-15-13-27)16-20(22)24-23(28)17-26-11-10-25-9-4-5-21(25)18(26)2/h4-7,9,16,18H,3,8,10-15,17H2,1-2H3. The Bertz CT molecular complexity index is 1210. The second-order valence-corrected chi connectivity index (χ2v) is 10.6. The normalized spacial score (nSPS) is 20.6. The summed E-state index contributed by atoms with van der Waals surface area (Å²) in [5.74, 6) is 0.995. The molecule has 0 spiro atoms. The molecule has 3 aromatic rings. The lowest BCUT2D eigenvalue weighted by Gasteiger charge is -2.34. The van der Waals surface area contributed by atoms with Crippen LogP contribution in [0.3, 0.4) is 0 Å². The van der Waals surface area contributed by atoms with Gasteiger partial charge >= 0.3 is 0 Å². The minimum Gasteiger partial charge on any atom is -0.379 e. The van der Waals surface area contributed by atoms with Crippen LogP contribution in [0, 0.1) is 0 Å². The van der Waals surface area contributed by atoms with E-state index < -0.39 is 10.0 Å². The first kappa shape index (κ1) is 21.6. The number of aryl methyl sites for hydroxylation is 1. The van der Waals surface area contributed by atoms with Crippen molar-refractivity contribution in [3.8, 4) is 0 Å². The second-order valence-electron chi connectivity index (χ2n) is 8.62. The van der Waals surface area contributed by atoms with E-state index in [1.54, 1.807) is 12.1 Å². The first-order valence-electron chi connectivity index (χ1n) is 11.4. The topological polar surface area (TPSA) is 72.6 Å². The van der Waals surface area contributed by atoms with Crippen LogP contribution in [0.2, 0.25) is 0 Å². The number of ether oxygens (including phenoxy) is 1. The Labute approximate surface area is 189 Å². The molecule has 2 aliphatic heterocycles. The molecule has 0 radical (unpaired) electrons. The predicted molar refractivity (Wildman–Crippen MR) is 123 cm³/mol. The largest absolute Gasteiger partial charge is 0.379 e. The van der Waals surface area contributed by atoms with Crippen molar-refractivity contribution in [2.75, 3.05) is 32.8 Å². The van der Waals surface area contributed by atoms with Gasteiger partial charge in [0.2, 0.25) is 10.0 Å². The van der Waals surface area contributed by atoms with Crippen molar-refractivity contribution in [1.29, 1.82) is 0 Å². The summed E-state index contributed by atoms with van der Waals surface area (Å²) in [7, 11) is -3.54. The van der Waals surface area contributed by atoms with Crippen molar-refractivity contribution in [3.05, 3.63) is 48.0 Å². The van der Waals surface area contributed by atoms with E-state index in [0.717, 1.165) is 49.5 Å². The molecule has 9 heteroatoms. The van der Waals surface area contributed by atoms with Crippen LogP contribution in [0.1, 0.15) is 37.8 Å². The van der Waals surface area contributed by atoms with Crippen LogP contribution in [-0.2, 0) is 34.4 Å². The summed E-state index contributed by atoms with van der Waals surface area (Å²) in [4.78, 5) is 7.69. The van der Waals surface area contributed by atoms with Gasteiger partial charge in [0.1, 0.15) is 5.82 Å². The van der Waals surface area contributed by atoms with E-state index in [0.29, 0.717) is 37.2 Å². The van der Waals surface area contributed by atoms with Crippen LogP contribution in [0.25, 0.3) is 11.0 Å². The highest BCUT2D eigenvalue weighted by Gasteiger charge is 2.28. The first-order chi connectivity index (χ1) is 15.5. The number of hydrogen-bond acceptors (Lipinski definition) is 5. The summed E-state index contributed by atoms with van der Waals surface area (Å²) >= 11 is 0. The van der Waals surface area contributed by atoms with E-state index in [-0.39, 0.29) is 0 Å². The second kappa shape index (κ2) is 8.62. The smallest absolute Gasteiger partial charge is 0.243 e. The van der Waals surface area contributed by atoms with Crippen LogP contribution in [0.5, 0.6) is 0 Å². The number of aromatic nitrogens is 3. The maximum atomic E-state index is 13.1. The molecule has 32 heavy (non-hydrogen) atoms. The number of fused-ring (bicyclic) bond motifs is 2. The molecular formula is C23H31N5O3S. The molecule has 8 nitrogen and oxygen atoms in total. The Balaban J connectivity index is 1.47. The minimum atomic E-state index is -3.54. The third kappa shape index (κ3) is 3.77. The van der Waals surface area contributed by atoms with Gasteiger partial charge in [-0.15, -0.1) is 0 Å². The molecule has 1 unspecified atom stereocenters. The first-order valence-corrected chi connectivity index (χ1v) is 12.9. The minimum absolute atomic E-state index is 0.309. The lowest BCUT2D eigenvalue weighted by molar-refractivity contribution is 0.0730. The molecule has 172 valence electrons. The van der Waals surface area contributed by atoms with Gasteiger partial charge in [0.15, 0.2) is 0 Å². The van der Waals surface area contributed by atoms with E-state index in [1.807, 2.05) is 6.07 Å². The fraction of sp³-hybridized carbons (Fsp3) is 0.522. The SMILES string of the molecule is CCCn1c(CN2CCn3cccc3C2C)nc2cc(S(=O)(=O)N3CCOCC3)ccc21. The number of imidazole rings is 1. The lowest BCUT2D eigenvalue weighted by Crippen LogP contribution is -2.40. The Morgan fingerprint density at radius 2 is 1.94 bits per heavy atom. The Morgan fingerprint density at radius 1 is 1.12 bits per heavy atom. The number of hydrogen-bond donors (Lipinski definition) is 0. The molecule has 0 saturated carbocycles. The Morgan fingerprint density at radius 3 is 2.72 bits per heavy atom. The molecule has 2 aromatic heterocycles. The van der Waals surface area contributed by atoms with Gasteiger partial charge in [-0.1, -0.05) is 6.92 Å². The third-order valence-electron chi connectivity index (χ3n) is 6.67. The molecule has 1 aromatic carbocycles. The molecule has 1 saturated heterocycles. The van der Waals surface area contributed by atoms with Gasteiger partial charge in [0.05, 0.1) is 35.7 Å². The summed E-state index contributed by atoms with van der Waals surface area (Å²) < 4.78 is 37.6. The van der Waals surface area contributed by atoms with Gasteiger partial charge in [-0.05, 0) is 43.7 Å². The van der Waals surface area contributed by atoms with Crippen LogP contribution < -0.4 is 0 Å². The van der Waals surface area contributed by atoms with Gasteiger partial charge < -0.3 is 13.9 Å².